The summed E-state index contributed by atoms with van der Waals surface area (Å²) in [6.07, 6.45) is 0. The molecule has 0 spiro atoms. The minimum atomic E-state index is -0.985. The molecule has 5 nitrogen and oxygen atoms in total. The van der Waals surface area contributed by atoms with Crippen molar-refractivity contribution in [2.45, 2.75) is 26.8 Å². The van der Waals surface area contributed by atoms with Gasteiger partial charge in [0.2, 0.25) is 5.91 Å². The van der Waals surface area contributed by atoms with E-state index in [1.165, 1.54) is 19.1 Å². The van der Waals surface area contributed by atoms with Gasteiger partial charge >= 0.3 is 0 Å². The monoisotopic (exact) mass is 390 g/mol. The second-order valence-corrected chi connectivity index (χ2v) is 7.15. The maximum atomic E-state index is 12.6. The number of halogens is 2. The normalized spacial score (nSPS) is 14.4. The number of nitrogens with zero attached hydrogens (tertiary/aromatic N) is 1. The van der Waals surface area contributed by atoms with Crippen LogP contribution in [0.3, 0.4) is 0 Å². The molecule has 1 aliphatic heterocycles. The lowest BCUT2D eigenvalue weighted by atomic mass is 10.1. The van der Waals surface area contributed by atoms with Crippen LogP contribution in [0.1, 0.15) is 38.8 Å². The number of fused-ring (bicyclic) bond motifs is 1. The van der Waals surface area contributed by atoms with Crippen molar-refractivity contribution < 1.29 is 14.4 Å². The lowest BCUT2D eigenvalue weighted by Gasteiger charge is -2.22. The van der Waals surface area contributed by atoms with Gasteiger partial charge in [-0.05, 0) is 56.2 Å². The van der Waals surface area contributed by atoms with E-state index >= 15 is 0 Å². The topological polar surface area (TPSA) is 66.5 Å². The zero-order valence-corrected chi connectivity index (χ0v) is 15.9. The molecule has 3 rings (SSSR count). The van der Waals surface area contributed by atoms with Crippen LogP contribution in [0.2, 0.25) is 10.0 Å². The lowest BCUT2D eigenvalue weighted by Crippen LogP contribution is -2.45. The van der Waals surface area contributed by atoms with Crippen molar-refractivity contribution in [2.75, 3.05) is 5.32 Å². The maximum absolute atomic E-state index is 12.6. The number of carbonyl (C=O) groups is 3. The van der Waals surface area contributed by atoms with E-state index in [0.29, 0.717) is 5.69 Å². The minimum Gasteiger partial charge on any atom is -0.324 e. The first-order valence-electron chi connectivity index (χ1n) is 7.95. The summed E-state index contributed by atoms with van der Waals surface area (Å²) >= 11 is 11.9. The van der Waals surface area contributed by atoms with Gasteiger partial charge in [-0.25, -0.2) is 0 Å². The Kier molecular flexibility index (Phi) is 4.78. The summed E-state index contributed by atoms with van der Waals surface area (Å²) in [5.74, 6) is -1.58. The SMILES string of the molecule is Cc1cc(C)cc(NC(=O)[C@H](C)N2C(=O)c3cc(Cl)c(Cl)cc3C2=O)c1. The predicted octanol–water partition coefficient (Wildman–Crippen LogP) is 4.23. The first-order chi connectivity index (χ1) is 12.2. The number of nitrogens with one attached hydrogen (secondary N) is 1. The number of imide groups is 1. The summed E-state index contributed by atoms with van der Waals surface area (Å²) in [5, 5.41) is 3.12. The Morgan fingerprint density at radius 2 is 1.38 bits per heavy atom. The number of benzene rings is 2. The van der Waals surface area contributed by atoms with Crippen molar-refractivity contribution in [1.29, 1.82) is 0 Å². The van der Waals surface area contributed by atoms with Crippen molar-refractivity contribution in [2.24, 2.45) is 0 Å². The van der Waals surface area contributed by atoms with Gasteiger partial charge < -0.3 is 5.32 Å². The number of aryl methyl sites for hydroxylation is 2. The van der Waals surface area contributed by atoms with Crippen molar-refractivity contribution in [3.05, 3.63) is 62.6 Å². The van der Waals surface area contributed by atoms with Crippen LogP contribution in [0.25, 0.3) is 0 Å². The van der Waals surface area contributed by atoms with Crippen LogP contribution in [-0.4, -0.2) is 28.7 Å². The highest BCUT2D eigenvalue weighted by atomic mass is 35.5. The summed E-state index contributed by atoms with van der Waals surface area (Å²) in [6, 6.07) is 7.35. The Bertz CT molecular complexity index is 895. The molecule has 0 bridgehead atoms. The van der Waals surface area contributed by atoms with E-state index in [9.17, 15) is 14.4 Å². The third-order valence-corrected chi connectivity index (χ3v) is 4.94. The molecule has 2 aromatic carbocycles. The van der Waals surface area contributed by atoms with Crippen molar-refractivity contribution in [3.63, 3.8) is 0 Å². The fourth-order valence-electron chi connectivity index (χ4n) is 3.02. The largest absolute Gasteiger partial charge is 0.324 e. The molecule has 0 aliphatic carbocycles. The third-order valence-electron chi connectivity index (χ3n) is 4.21. The zero-order valence-electron chi connectivity index (χ0n) is 14.4. The summed E-state index contributed by atoms with van der Waals surface area (Å²) < 4.78 is 0. The number of hydrogen-bond acceptors (Lipinski definition) is 3. The molecule has 1 N–H and O–H groups in total. The Morgan fingerprint density at radius 1 is 0.923 bits per heavy atom. The van der Waals surface area contributed by atoms with E-state index in [1.54, 1.807) is 0 Å². The van der Waals surface area contributed by atoms with Gasteiger partial charge in [0.1, 0.15) is 6.04 Å². The smallest absolute Gasteiger partial charge is 0.262 e. The highest BCUT2D eigenvalue weighted by Crippen LogP contribution is 2.32. The molecule has 0 saturated carbocycles. The number of anilines is 1. The molecule has 0 fully saturated rings. The summed E-state index contributed by atoms with van der Waals surface area (Å²) in [6.45, 7) is 5.34. The molecule has 7 heteroatoms. The van der Waals surface area contributed by atoms with Gasteiger partial charge in [-0.3, -0.25) is 19.3 Å². The van der Waals surface area contributed by atoms with Crippen LogP contribution < -0.4 is 5.32 Å². The predicted molar refractivity (Wildman–Crippen MR) is 101 cm³/mol. The first-order valence-corrected chi connectivity index (χ1v) is 8.70. The molecular formula is C19H16Cl2N2O3. The summed E-state index contributed by atoms with van der Waals surface area (Å²) in [7, 11) is 0. The summed E-state index contributed by atoms with van der Waals surface area (Å²) in [5.41, 5.74) is 2.91. The molecule has 1 atom stereocenters. The quantitative estimate of drug-likeness (QED) is 0.797. The third kappa shape index (κ3) is 3.20. The molecule has 0 unspecified atom stereocenters. The van der Waals surface area contributed by atoms with Gasteiger partial charge in [-0.2, -0.15) is 0 Å². The van der Waals surface area contributed by atoms with E-state index in [1.807, 2.05) is 32.0 Å². The number of amides is 3. The van der Waals surface area contributed by atoms with Crippen LogP contribution in [0.5, 0.6) is 0 Å². The minimum absolute atomic E-state index is 0.149. The Balaban J connectivity index is 1.86. The molecular weight excluding hydrogens is 375 g/mol. The highest BCUT2D eigenvalue weighted by Gasteiger charge is 2.41. The van der Waals surface area contributed by atoms with Crippen LogP contribution >= 0.6 is 23.2 Å². The van der Waals surface area contributed by atoms with Gasteiger partial charge in [-0.1, -0.05) is 29.3 Å². The van der Waals surface area contributed by atoms with Gasteiger partial charge in [0.25, 0.3) is 11.8 Å². The Hall–Kier alpha value is -2.37. The number of hydrogen-bond donors (Lipinski definition) is 1. The molecule has 0 saturated heterocycles. The van der Waals surface area contributed by atoms with Crippen LogP contribution in [0.4, 0.5) is 5.69 Å². The summed E-state index contributed by atoms with van der Waals surface area (Å²) in [4.78, 5) is 38.7. The van der Waals surface area contributed by atoms with Gasteiger partial charge in [-0.15, -0.1) is 0 Å². The average Bonchev–Trinajstić information content (AvgIpc) is 2.77. The number of rotatable bonds is 3. The van der Waals surface area contributed by atoms with Crippen LogP contribution in [0.15, 0.2) is 30.3 Å². The molecule has 3 amide bonds. The lowest BCUT2D eigenvalue weighted by molar-refractivity contribution is -0.119. The molecule has 0 radical (unpaired) electrons. The zero-order chi connectivity index (χ0) is 19.2. The van der Waals surface area contributed by atoms with E-state index in [2.05, 4.69) is 5.32 Å². The van der Waals surface area contributed by atoms with Gasteiger partial charge in [0.15, 0.2) is 0 Å². The van der Waals surface area contributed by atoms with Crippen molar-refractivity contribution in [1.82, 2.24) is 4.90 Å². The molecule has 1 aliphatic rings. The van der Waals surface area contributed by atoms with E-state index in [0.717, 1.165) is 16.0 Å². The second kappa shape index (κ2) is 6.74. The molecule has 134 valence electrons. The molecule has 2 aromatic rings. The highest BCUT2D eigenvalue weighted by molar-refractivity contribution is 6.43. The number of carbonyl (C=O) groups excluding carboxylic acids is 3. The second-order valence-electron chi connectivity index (χ2n) is 6.33. The van der Waals surface area contributed by atoms with Gasteiger partial charge in [0, 0.05) is 5.69 Å². The average molecular weight is 391 g/mol. The first kappa shape index (κ1) is 18.4. The van der Waals surface area contributed by atoms with E-state index < -0.39 is 23.8 Å². The Morgan fingerprint density at radius 3 is 1.85 bits per heavy atom. The Labute approximate surface area is 160 Å². The molecule has 26 heavy (non-hydrogen) atoms. The van der Waals surface area contributed by atoms with Crippen LogP contribution in [0, 0.1) is 13.8 Å². The fraction of sp³-hybridized carbons (Fsp3) is 0.211. The van der Waals surface area contributed by atoms with Crippen LogP contribution in [-0.2, 0) is 4.79 Å². The standard InChI is InChI=1S/C19H16Cl2N2O3/c1-9-4-10(2)6-12(5-9)22-17(24)11(3)23-18(25)13-7-15(20)16(21)8-14(13)19(23)26/h4-8,11H,1-3H3,(H,22,24)/t11-/m0/s1. The molecule has 0 aromatic heterocycles. The van der Waals surface area contributed by atoms with Crippen molar-refractivity contribution >= 4 is 46.6 Å². The van der Waals surface area contributed by atoms with E-state index in [4.69, 9.17) is 23.2 Å². The maximum Gasteiger partial charge on any atom is 0.262 e. The fourth-order valence-corrected chi connectivity index (χ4v) is 3.34. The van der Waals surface area contributed by atoms with E-state index in [-0.39, 0.29) is 21.2 Å². The molecule has 1 heterocycles. The van der Waals surface area contributed by atoms with Crippen molar-refractivity contribution in [3.8, 4) is 0 Å². The van der Waals surface area contributed by atoms with Gasteiger partial charge in [0.05, 0.1) is 21.2 Å².